The number of carbonyl (C=O) groups excluding carboxylic acids is 1. The lowest BCUT2D eigenvalue weighted by Gasteiger charge is -2.24. The Labute approximate surface area is 84.3 Å². The maximum atomic E-state index is 11.6. The molecular weight excluding hydrogens is 176 g/mol. The van der Waals surface area contributed by atoms with Crippen LogP contribution in [0.15, 0.2) is 23.0 Å². The molecule has 0 bridgehead atoms. The zero-order valence-electron chi connectivity index (χ0n) is 8.53. The zero-order chi connectivity index (χ0) is 9.97. The van der Waals surface area contributed by atoms with Crippen molar-refractivity contribution in [2.24, 2.45) is 11.8 Å². The summed E-state index contributed by atoms with van der Waals surface area (Å²) < 4.78 is 5.01. The first kappa shape index (κ1) is 9.50. The van der Waals surface area contributed by atoms with Gasteiger partial charge >= 0.3 is 0 Å². The van der Waals surface area contributed by atoms with E-state index in [1.54, 1.807) is 12.5 Å². The number of carbonyl (C=O) groups is 1. The summed E-state index contributed by atoms with van der Waals surface area (Å²) in [5, 5.41) is 0. The largest absolute Gasteiger partial charge is 0.472 e. The van der Waals surface area contributed by atoms with Crippen molar-refractivity contribution in [1.82, 2.24) is 0 Å². The molecular formula is C12H16O2. The topological polar surface area (TPSA) is 30.2 Å². The van der Waals surface area contributed by atoms with Gasteiger partial charge in [0.2, 0.25) is 0 Å². The van der Waals surface area contributed by atoms with Crippen LogP contribution in [0.5, 0.6) is 0 Å². The van der Waals surface area contributed by atoms with Crippen molar-refractivity contribution in [3.8, 4) is 0 Å². The van der Waals surface area contributed by atoms with E-state index in [1.165, 1.54) is 0 Å². The molecule has 2 rings (SSSR count). The number of hydrogen-bond acceptors (Lipinski definition) is 2. The van der Waals surface area contributed by atoms with Gasteiger partial charge < -0.3 is 4.42 Å². The summed E-state index contributed by atoms with van der Waals surface area (Å²) in [6.45, 7) is 2.23. The molecule has 1 aromatic rings. The average Bonchev–Trinajstić information content (AvgIpc) is 2.64. The van der Waals surface area contributed by atoms with Crippen molar-refractivity contribution < 1.29 is 9.21 Å². The number of Topliss-reactive ketones (excluding diaryl/α,β-unsaturated/α-hetero) is 1. The zero-order valence-corrected chi connectivity index (χ0v) is 8.53. The third-order valence-electron chi connectivity index (χ3n) is 3.09. The van der Waals surface area contributed by atoms with Crippen LogP contribution in [0, 0.1) is 11.8 Å². The number of furan rings is 1. The summed E-state index contributed by atoms with van der Waals surface area (Å²) in [6, 6.07) is 1.95. The quantitative estimate of drug-likeness (QED) is 0.721. The Kier molecular flexibility index (Phi) is 2.71. The van der Waals surface area contributed by atoms with E-state index >= 15 is 0 Å². The van der Waals surface area contributed by atoms with Crippen LogP contribution >= 0.6 is 0 Å². The summed E-state index contributed by atoms with van der Waals surface area (Å²) in [6.07, 6.45) is 7.16. The Morgan fingerprint density at radius 3 is 3.14 bits per heavy atom. The Bertz CT molecular complexity index is 300. The lowest BCUT2D eigenvalue weighted by Crippen LogP contribution is -2.25. The third kappa shape index (κ3) is 2.06. The molecule has 1 fully saturated rings. The first-order chi connectivity index (χ1) is 6.75. The van der Waals surface area contributed by atoms with Gasteiger partial charge in [-0.3, -0.25) is 4.79 Å². The van der Waals surface area contributed by atoms with E-state index < -0.39 is 0 Å². The second-order valence-corrected chi connectivity index (χ2v) is 4.38. The Morgan fingerprint density at radius 1 is 1.57 bits per heavy atom. The predicted octanol–water partition coefficient (Wildman–Crippen LogP) is 2.83. The number of hydrogen-bond donors (Lipinski definition) is 0. The minimum absolute atomic E-state index is 0.233. The highest BCUT2D eigenvalue weighted by atomic mass is 16.3. The first-order valence-electron chi connectivity index (χ1n) is 5.29. The van der Waals surface area contributed by atoms with Crippen molar-refractivity contribution in [2.45, 2.75) is 32.6 Å². The van der Waals surface area contributed by atoms with Gasteiger partial charge in [0.05, 0.1) is 12.5 Å². The molecule has 14 heavy (non-hydrogen) atoms. The summed E-state index contributed by atoms with van der Waals surface area (Å²) >= 11 is 0. The summed E-state index contributed by atoms with van der Waals surface area (Å²) in [4.78, 5) is 11.6. The van der Waals surface area contributed by atoms with Crippen LogP contribution in [-0.4, -0.2) is 5.78 Å². The van der Waals surface area contributed by atoms with Gasteiger partial charge in [-0.05, 0) is 36.8 Å². The minimum Gasteiger partial charge on any atom is -0.472 e. The van der Waals surface area contributed by atoms with E-state index in [0.29, 0.717) is 11.7 Å². The van der Waals surface area contributed by atoms with Crippen molar-refractivity contribution in [1.29, 1.82) is 0 Å². The molecule has 0 saturated heterocycles. The second-order valence-electron chi connectivity index (χ2n) is 4.38. The SMILES string of the molecule is CC1CCC(=O)C(Cc2ccoc2)C1. The van der Waals surface area contributed by atoms with Crippen LogP contribution < -0.4 is 0 Å². The van der Waals surface area contributed by atoms with Crippen molar-refractivity contribution in [2.75, 3.05) is 0 Å². The first-order valence-corrected chi connectivity index (χ1v) is 5.29. The van der Waals surface area contributed by atoms with Crippen molar-refractivity contribution in [3.63, 3.8) is 0 Å². The summed E-state index contributed by atoms with van der Waals surface area (Å²) in [5.41, 5.74) is 1.15. The molecule has 1 aromatic heterocycles. The number of rotatable bonds is 2. The second kappa shape index (κ2) is 3.99. The Balaban J connectivity index is 1.99. The molecule has 0 radical (unpaired) electrons. The molecule has 1 heterocycles. The van der Waals surface area contributed by atoms with Crippen LogP contribution in [0.4, 0.5) is 0 Å². The smallest absolute Gasteiger partial charge is 0.136 e. The minimum atomic E-state index is 0.233. The fourth-order valence-corrected chi connectivity index (χ4v) is 2.22. The van der Waals surface area contributed by atoms with E-state index in [9.17, 15) is 4.79 Å². The summed E-state index contributed by atoms with van der Waals surface area (Å²) in [5.74, 6) is 1.37. The molecule has 0 spiro atoms. The van der Waals surface area contributed by atoms with Crippen LogP contribution in [0.1, 0.15) is 31.7 Å². The lowest BCUT2D eigenvalue weighted by atomic mass is 9.79. The van der Waals surface area contributed by atoms with Crippen LogP contribution in [0.3, 0.4) is 0 Å². The van der Waals surface area contributed by atoms with Gasteiger partial charge in [-0.15, -0.1) is 0 Å². The standard InChI is InChI=1S/C12H16O2/c1-9-2-3-12(13)11(6-9)7-10-4-5-14-8-10/h4-5,8-9,11H,2-3,6-7H2,1H3. The highest BCUT2D eigenvalue weighted by Gasteiger charge is 2.26. The molecule has 1 aliphatic carbocycles. The molecule has 76 valence electrons. The van der Waals surface area contributed by atoms with E-state index in [1.807, 2.05) is 6.07 Å². The van der Waals surface area contributed by atoms with E-state index in [0.717, 1.165) is 31.2 Å². The van der Waals surface area contributed by atoms with E-state index in [2.05, 4.69) is 6.92 Å². The van der Waals surface area contributed by atoms with Gasteiger partial charge in [-0.2, -0.15) is 0 Å². The fraction of sp³-hybridized carbons (Fsp3) is 0.583. The maximum absolute atomic E-state index is 11.6. The van der Waals surface area contributed by atoms with E-state index in [4.69, 9.17) is 4.42 Å². The maximum Gasteiger partial charge on any atom is 0.136 e. The Hall–Kier alpha value is -1.05. The fourth-order valence-electron chi connectivity index (χ4n) is 2.22. The molecule has 0 aromatic carbocycles. The molecule has 1 aliphatic rings. The third-order valence-corrected chi connectivity index (χ3v) is 3.09. The van der Waals surface area contributed by atoms with Crippen molar-refractivity contribution in [3.05, 3.63) is 24.2 Å². The van der Waals surface area contributed by atoms with Crippen LogP contribution in [0.2, 0.25) is 0 Å². The highest BCUT2D eigenvalue weighted by Crippen LogP contribution is 2.28. The summed E-state index contributed by atoms with van der Waals surface area (Å²) in [7, 11) is 0. The lowest BCUT2D eigenvalue weighted by molar-refractivity contribution is -0.125. The molecule has 2 heteroatoms. The predicted molar refractivity (Wildman–Crippen MR) is 53.9 cm³/mol. The normalized spacial score (nSPS) is 27.9. The molecule has 2 atom stereocenters. The molecule has 2 unspecified atom stereocenters. The average molecular weight is 192 g/mol. The van der Waals surface area contributed by atoms with Crippen LogP contribution in [0.25, 0.3) is 0 Å². The molecule has 1 saturated carbocycles. The molecule has 0 amide bonds. The highest BCUT2D eigenvalue weighted by molar-refractivity contribution is 5.82. The Morgan fingerprint density at radius 2 is 2.43 bits per heavy atom. The van der Waals surface area contributed by atoms with Gasteiger partial charge in [0.1, 0.15) is 5.78 Å². The molecule has 0 aliphatic heterocycles. The van der Waals surface area contributed by atoms with Gasteiger partial charge in [0, 0.05) is 12.3 Å². The van der Waals surface area contributed by atoms with Crippen molar-refractivity contribution >= 4 is 5.78 Å². The molecule has 2 nitrogen and oxygen atoms in total. The van der Waals surface area contributed by atoms with Gasteiger partial charge in [-0.1, -0.05) is 6.92 Å². The van der Waals surface area contributed by atoms with Gasteiger partial charge in [0.15, 0.2) is 0 Å². The molecule has 0 N–H and O–H groups in total. The monoisotopic (exact) mass is 192 g/mol. The van der Waals surface area contributed by atoms with Crippen LogP contribution in [-0.2, 0) is 11.2 Å². The van der Waals surface area contributed by atoms with E-state index in [-0.39, 0.29) is 5.92 Å². The number of ketones is 1. The van der Waals surface area contributed by atoms with Gasteiger partial charge in [0.25, 0.3) is 0 Å². The van der Waals surface area contributed by atoms with Gasteiger partial charge in [-0.25, -0.2) is 0 Å².